The van der Waals surface area contributed by atoms with E-state index in [1.807, 2.05) is 12.1 Å². The number of rotatable bonds is 9. The summed E-state index contributed by atoms with van der Waals surface area (Å²) in [6.07, 6.45) is 3.58. The van der Waals surface area contributed by atoms with Crippen LogP contribution in [0.1, 0.15) is 23.8 Å². The Labute approximate surface area is 191 Å². The van der Waals surface area contributed by atoms with Crippen molar-refractivity contribution in [1.82, 2.24) is 15.5 Å². The van der Waals surface area contributed by atoms with E-state index in [-0.39, 0.29) is 24.0 Å². The molecule has 1 aromatic heterocycles. The van der Waals surface area contributed by atoms with Crippen LogP contribution in [0.2, 0.25) is 0 Å². The van der Waals surface area contributed by atoms with Gasteiger partial charge in [-0.1, -0.05) is 31.2 Å². The summed E-state index contributed by atoms with van der Waals surface area (Å²) in [6, 6.07) is 12.4. The van der Waals surface area contributed by atoms with E-state index in [4.69, 9.17) is 14.1 Å². The zero-order valence-corrected chi connectivity index (χ0v) is 19.6. The Bertz CT molecular complexity index is 715. The maximum Gasteiger partial charge on any atom is 0.191 e. The SMILES string of the molecule is CCc1ccccc1CN=C(NCCc1ccco1)NCCN1CCOCC1.I. The minimum absolute atomic E-state index is 0. The van der Waals surface area contributed by atoms with E-state index in [0.29, 0.717) is 6.54 Å². The summed E-state index contributed by atoms with van der Waals surface area (Å²) in [7, 11) is 0. The summed E-state index contributed by atoms with van der Waals surface area (Å²) in [6.45, 7) is 9.17. The molecular formula is C22H33IN4O2. The Morgan fingerprint density at radius 1 is 1.03 bits per heavy atom. The number of hydrogen-bond acceptors (Lipinski definition) is 4. The van der Waals surface area contributed by atoms with Crippen molar-refractivity contribution >= 4 is 29.9 Å². The van der Waals surface area contributed by atoms with E-state index in [1.165, 1.54) is 11.1 Å². The number of furan rings is 1. The summed E-state index contributed by atoms with van der Waals surface area (Å²) in [4.78, 5) is 7.24. The number of nitrogens with zero attached hydrogens (tertiary/aromatic N) is 2. The predicted octanol–water partition coefficient (Wildman–Crippen LogP) is 3.07. The van der Waals surface area contributed by atoms with Gasteiger partial charge in [0.2, 0.25) is 0 Å². The van der Waals surface area contributed by atoms with E-state index in [9.17, 15) is 0 Å². The Morgan fingerprint density at radius 3 is 2.52 bits per heavy atom. The third-order valence-corrected chi connectivity index (χ3v) is 4.97. The first-order valence-electron chi connectivity index (χ1n) is 10.3. The average molecular weight is 512 g/mol. The maximum absolute atomic E-state index is 5.42. The molecule has 2 heterocycles. The van der Waals surface area contributed by atoms with Crippen molar-refractivity contribution in [3.63, 3.8) is 0 Å². The molecule has 0 saturated carbocycles. The van der Waals surface area contributed by atoms with Gasteiger partial charge in [-0.2, -0.15) is 0 Å². The van der Waals surface area contributed by atoms with Gasteiger partial charge in [0.1, 0.15) is 5.76 Å². The summed E-state index contributed by atoms with van der Waals surface area (Å²) < 4.78 is 10.8. The van der Waals surface area contributed by atoms with Crippen LogP contribution in [0.25, 0.3) is 0 Å². The summed E-state index contributed by atoms with van der Waals surface area (Å²) in [5.74, 6) is 1.84. The molecule has 6 nitrogen and oxygen atoms in total. The molecular weight excluding hydrogens is 479 g/mol. The Balaban J connectivity index is 0.00000300. The van der Waals surface area contributed by atoms with Crippen molar-refractivity contribution in [2.45, 2.75) is 26.3 Å². The van der Waals surface area contributed by atoms with Crippen molar-refractivity contribution in [3.8, 4) is 0 Å². The van der Waals surface area contributed by atoms with Gasteiger partial charge in [-0.25, -0.2) is 4.99 Å². The predicted molar refractivity (Wildman–Crippen MR) is 128 cm³/mol. The van der Waals surface area contributed by atoms with Gasteiger partial charge < -0.3 is 19.8 Å². The topological polar surface area (TPSA) is 62.0 Å². The lowest BCUT2D eigenvalue weighted by Crippen LogP contribution is -2.44. The molecule has 0 atom stereocenters. The fourth-order valence-corrected chi connectivity index (χ4v) is 3.31. The number of guanidine groups is 1. The highest BCUT2D eigenvalue weighted by atomic mass is 127. The number of benzene rings is 1. The molecule has 0 amide bonds. The highest BCUT2D eigenvalue weighted by Crippen LogP contribution is 2.10. The van der Waals surface area contributed by atoms with Crippen LogP contribution in [0.4, 0.5) is 0 Å². The van der Waals surface area contributed by atoms with Gasteiger partial charge in [0.25, 0.3) is 0 Å². The van der Waals surface area contributed by atoms with Crippen LogP contribution in [-0.4, -0.2) is 56.8 Å². The van der Waals surface area contributed by atoms with Gasteiger partial charge in [0.05, 0.1) is 26.0 Å². The highest BCUT2D eigenvalue weighted by Gasteiger charge is 2.10. The van der Waals surface area contributed by atoms with Gasteiger partial charge in [-0.3, -0.25) is 4.90 Å². The monoisotopic (exact) mass is 512 g/mol. The number of ether oxygens (including phenoxy) is 1. The third-order valence-electron chi connectivity index (χ3n) is 4.97. The molecule has 1 saturated heterocycles. The lowest BCUT2D eigenvalue weighted by molar-refractivity contribution is 0.0389. The van der Waals surface area contributed by atoms with Gasteiger partial charge >= 0.3 is 0 Å². The number of morpholine rings is 1. The normalized spacial score (nSPS) is 15.0. The van der Waals surface area contributed by atoms with Crippen molar-refractivity contribution < 1.29 is 9.15 Å². The molecule has 0 radical (unpaired) electrons. The first-order valence-corrected chi connectivity index (χ1v) is 10.3. The van der Waals surface area contributed by atoms with E-state index in [2.05, 4.69) is 46.7 Å². The van der Waals surface area contributed by atoms with E-state index >= 15 is 0 Å². The number of hydrogen-bond donors (Lipinski definition) is 2. The molecule has 3 rings (SSSR count). The summed E-state index contributed by atoms with van der Waals surface area (Å²) >= 11 is 0. The van der Waals surface area contributed by atoms with Gasteiger partial charge in [-0.15, -0.1) is 24.0 Å². The Hall–Kier alpha value is -1.58. The van der Waals surface area contributed by atoms with Crippen LogP contribution in [0, 0.1) is 0 Å². The lowest BCUT2D eigenvalue weighted by atomic mass is 10.1. The molecule has 1 aliphatic rings. The van der Waals surface area contributed by atoms with Crippen molar-refractivity contribution in [3.05, 3.63) is 59.5 Å². The summed E-state index contributed by atoms with van der Waals surface area (Å²) in [5, 5.41) is 6.92. The molecule has 0 bridgehead atoms. The first-order chi connectivity index (χ1) is 13.8. The van der Waals surface area contributed by atoms with Crippen LogP contribution in [0.5, 0.6) is 0 Å². The fourth-order valence-electron chi connectivity index (χ4n) is 3.31. The van der Waals surface area contributed by atoms with Gasteiger partial charge in [0, 0.05) is 39.1 Å². The van der Waals surface area contributed by atoms with Gasteiger partial charge in [-0.05, 0) is 29.7 Å². The first kappa shape index (κ1) is 23.7. The van der Waals surface area contributed by atoms with E-state index in [1.54, 1.807) is 6.26 Å². The van der Waals surface area contributed by atoms with Crippen molar-refractivity contribution in [1.29, 1.82) is 0 Å². The average Bonchev–Trinajstić information content (AvgIpc) is 3.26. The minimum Gasteiger partial charge on any atom is -0.469 e. The van der Waals surface area contributed by atoms with Crippen molar-refractivity contribution in [2.75, 3.05) is 45.9 Å². The lowest BCUT2D eigenvalue weighted by Gasteiger charge is -2.26. The van der Waals surface area contributed by atoms with E-state index < -0.39 is 0 Å². The smallest absolute Gasteiger partial charge is 0.191 e. The molecule has 7 heteroatoms. The standard InChI is InChI=1S/C22H32N4O2.HI/c1-2-19-6-3-4-7-20(19)18-25-22(23-10-9-21-8-5-15-28-21)24-11-12-26-13-16-27-17-14-26;/h3-8,15H,2,9-14,16-18H2,1H3,(H2,23,24,25);1H. The maximum atomic E-state index is 5.42. The molecule has 0 unspecified atom stereocenters. The van der Waals surface area contributed by atoms with Crippen LogP contribution < -0.4 is 10.6 Å². The number of aryl methyl sites for hydroxylation is 1. The van der Waals surface area contributed by atoms with Crippen LogP contribution in [0.15, 0.2) is 52.1 Å². The third kappa shape index (κ3) is 8.36. The quantitative estimate of drug-likeness (QED) is 0.307. The molecule has 2 aromatic rings. The van der Waals surface area contributed by atoms with Crippen LogP contribution >= 0.6 is 24.0 Å². The van der Waals surface area contributed by atoms with E-state index in [0.717, 1.165) is 70.5 Å². The fraction of sp³-hybridized carbons (Fsp3) is 0.500. The molecule has 0 aliphatic carbocycles. The molecule has 1 fully saturated rings. The molecule has 2 N–H and O–H groups in total. The summed E-state index contributed by atoms with van der Waals surface area (Å²) in [5.41, 5.74) is 2.64. The molecule has 160 valence electrons. The van der Waals surface area contributed by atoms with Crippen LogP contribution in [-0.2, 0) is 24.1 Å². The molecule has 1 aliphatic heterocycles. The largest absolute Gasteiger partial charge is 0.469 e. The highest BCUT2D eigenvalue weighted by molar-refractivity contribution is 14.0. The zero-order valence-electron chi connectivity index (χ0n) is 17.2. The van der Waals surface area contributed by atoms with Gasteiger partial charge in [0.15, 0.2) is 5.96 Å². The Morgan fingerprint density at radius 2 is 1.79 bits per heavy atom. The van der Waals surface area contributed by atoms with Crippen molar-refractivity contribution in [2.24, 2.45) is 4.99 Å². The second kappa shape index (κ2) is 13.6. The van der Waals surface area contributed by atoms with Crippen LogP contribution in [0.3, 0.4) is 0 Å². The molecule has 0 spiro atoms. The number of aliphatic imine (C=N–C) groups is 1. The Kier molecular flexibility index (Phi) is 11.1. The zero-order chi connectivity index (χ0) is 19.4. The second-order valence-electron chi connectivity index (χ2n) is 6.92. The number of nitrogens with one attached hydrogen (secondary N) is 2. The second-order valence-corrected chi connectivity index (χ2v) is 6.92. The minimum atomic E-state index is 0. The molecule has 1 aromatic carbocycles. The number of halogens is 1. The molecule has 29 heavy (non-hydrogen) atoms.